The monoisotopic (exact) mass is 324 g/mol. The van der Waals surface area contributed by atoms with E-state index in [4.69, 9.17) is 4.74 Å². The average molecular weight is 324 g/mol. The SMILES string of the molecule is CCC(CC)OC1(CI)CCCCCC1. The highest BCUT2D eigenvalue weighted by Crippen LogP contribution is 2.34. The van der Waals surface area contributed by atoms with E-state index in [2.05, 4.69) is 36.4 Å². The van der Waals surface area contributed by atoms with Crippen LogP contribution in [0.2, 0.25) is 0 Å². The summed E-state index contributed by atoms with van der Waals surface area (Å²) in [5, 5.41) is 0. The van der Waals surface area contributed by atoms with Crippen molar-refractivity contribution in [2.45, 2.75) is 76.9 Å². The van der Waals surface area contributed by atoms with Crippen molar-refractivity contribution in [2.24, 2.45) is 0 Å². The molecule has 0 radical (unpaired) electrons. The first-order valence-corrected chi connectivity index (χ1v) is 8.02. The van der Waals surface area contributed by atoms with Crippen LogP contribution < -0.4 is 0 Å². The van der Waals surface area contributed by atoms with Crippen LogP contribution in [0, 0.1) is 0 Å². The lowest BCUT2D eigenvalue weighted by Crippen LogP contribution is -2.37. The molecule has 0 aromatic heterocycles. The smallest absolute Gasteiger partial charge is 0.0775 e. The molecule has 0 aromatic rings. The minimum atomic E-state index is 0.216. The highest BCUT2D eigenvalue weighted by atomic mass is 127. The number of alkyl halides is 1. The first-order valence-electron chi connectivity index (χ1n) is 6.50. The number of rotatable bonds is 5. The predicted octanol–water partition coefficient (Wildman–Crippen LogP) is 4.72. The molecule has 1 rings (SSSR count). The van der Waals surface area contributed by atoms with Gasteiger partial charge in [0.1, 0.15) is 0 Å². The zero-order chi connectivity index (χ0) is 11.1. The Labute approximate surface area is 108 Å². The number of ether oxygens (including phenoxy) is 1. The summed E-state index contributed by atoms with van der Waals surface area (Å²) >= 11 is 2.52. The molecule has 0 spiro atoms. The Morgan fingerprint density at radius 1 is 1.07 bits per heavy atom. The van der Waals surface area contributed by atoms with Crippen molar-refractivity contribution in [3.05, 3.63) is 0 Å². The Bertz CT molecular complexity index is 158. The summed E-state index contributed by atoms with van der Waals surface area (Å²) in [6.07, 6.45) is 10.9. The highest BCUT2D eigenvalue weighted by molar-refractivity contribution is 14.1. The van der Waals surface area contributed by atoms with Crippen LogP contribution in [-0.4, -0.2) is 16.1 Å². The summed E-state index contributed by atoms with van der Waals surface area (Å²) in [6.45, 7) is 4.48. The third-order valence-electron chi connectivity index (χ3n) is 3.59. The first kappa shape index (κ1) is 13.8. The van der Waals surface area contributed by atoms with Gasteiger partial charge in [-0.1, -0.05) is 62.1 Å². The van der Waals surface area contributed by atoms with Gasteiger partial charge in [0.15, 0.2) is 0 Å². The molecule has 0 bridgehead atoms. The molecule has 0 aromatic carbocycles. The molecule has 1 saturated carbocycles. The van der Waals surface area contributed by atoms with Crippen molar-refractivity contribution in [3.63, 3.8) is 0 Å². The Hall–Kier alpha value is 0.690. The van der Waals surface area contributed by atoms with Gasteiger partial charge in [-0.05, 0) is 25.7 Å². The lowest BCUT2D eigenvalue weighted by molar-refractivity contribution is -0.0882. The molecule has 1 aliphatic carbocycles. The van der Waals surface area contributed by atoms with E-state index in [1.807, 2.05) is 0 Å². The third-order valence-corrected chi connectivity index (χ3v) is 4.98. The molecule has 2 heteroatoms. The highest BCUT2D eigenvalue weighted by Gasteiger charge is 2.32. The van der Waals surface area contributed by atoms with Crippen molar-refractivity contribution >= 4 is 22.6 Å². The second-order valence-corrected chi connectivity index (χ2v) is 5.55. The maximum atomic E-state index is 6.40. The molecule has 1 nitrogen and oxygen atoms in total. The van der Waals surface area contributed by atoms with Crippen LogP contribution in [0.25, 0.3) is 0 Å². The average Bonchev–Trinajstić information content (AvgIpc) is 2.52. The van der Waals surface area contributed by atoms with Crippen LogP contribution in [0.1, 0.15) is 65.2 Å². The van der Waals surface area contributed by atoms with Crippen LogP contribution in [0.3, 0.4) is 0 Å². The molecule has 0 heterocycles. The molecule has 0 unspecified atom stereocenters. The Kier molecular flexibility index (Phi) is 6.51. The van der Waals surface area contributed by atoms with Crippen LogP contribution in [0.4, 0.5) is 0 Å². The van der Waals surface area contributed by atoms with E-state index in [1.54, 1.807) is 0 Å². The van der Waals surface area contributed by atoms with Gasteiger partial charge in [0.25, 0.3) is 0 Å². The molecule has 1 fully saturated rings. The minimum absolute atomic E-state index is 0.216. The zero-order valence-electron chi connectivity index (χ0n) is 10.2. The van der Waals surface area contributed by atoms with Gasteiger partial charge < -0.3 is 4.74 Å². The zero-order valence-corrected chi connectivity index (χ0v) is 12.4. The topological polar surface area (TPSA) is 9.23 Å². The molecule has 0 atom stereocenters. The van der Waals surface area contributed by atoms with E-state index in [-0.39, 0.29) is 5.60 Å². The van der Waals surface area contributed by atoms with Gasteiger partial charge in [-0.3, -0.25) is 0 Å². The summed E-state index contributed by atoms with van der Waals surface area (Å²) in [7, 11) is 0. The second-order valence-electron chi connectivity index (χ2n) is 4.79. The standard InChI is InChI=1S/C13H25IO/c1-3-12(4-2)15-13(11-14)9-7-5-6-8-10-13/h12H,3-11H2,1-2H3. The Morgan fingerprint density at radius 2 is 1.60 bits per heavy atom. The van der Waals surface area contributed by atoms with Crippen molar-refractivity contribution < 1.29 is 4.74 Å². The fourth-order valence-corrected chi connectivity index (χ4v) is 3.41. The maximum absolute atomic E-state index is 6.40. The summed E-state index contributed by atoms with van der Waals surface area (Å²) in [5.41, 5.74) is 0.216. The van der Waals surface area contributed by atoms with E-state index < -0.39 is 0 Å². The van der Waals surface area contributed by atoms with Gasteiger partial charge in [0.2, 0.25) is 0 Å². The molecule has 0 N–H and O–H groups in total. The van der Waals surface area contributed by atoms with Gasteiger partial charge in [-0.15, -0.1) is 0 Å². The Morgan fingerprint density at radius 3 is 2.00 bits per heavy atom. The van der Waals surface area contributed by atoms with Crippen molar-refractivity contribution in [3.8, 4) is 0 Å². The first-order chi connectivity index (χ1) is 7.26. The molecular weight excluding hydrogens is 299 g/mol. The van der Waals surface area contributed by atoms with E-state index >= 15 is 0 Å². The molecular formula is C13H25IO. The summed E-state index contributed by atoms with van der Waals surface area (Å²) in [6, 6.07) is 0. The number of hydrogen-bond acceptors (Lipinski definition) is 1. The lowest BCUT2D eigenvalue weighted by Gasteiger charge is -2.35. The van der Waals surface area contributed by atoms with E-state index in [0.717, 1.165) is 12.8 Å². The molecule has 1 aliphatic rings. The van der Waals surface area contributed by atoms with Gasteiger partial charge >= 0.3 is 0 Å². The van der Waals surface area contributed by atoms with Gasteiger partial charge in [-0.25, -0.2) is 0 Å². The molecule has 0 aliphatic heterocycles. The second kappa shape index (κ2) is 7.10. The third kappa shape index (κ3) is 4.22. The Balaban J connectivity index is 2.56. The minimum Gasteiger partial charge on any atom is -0.371 e. The summed E-state index contributed by atoms with van der Waals surface area (Å²) in [4.78, 5) is 0. The van der Waals surface area contributed by atoms with Gasteiger partial charge in [0, 0.05) is 4.43 Å². The fourth-order valence-electron chi connectivity index (χ4n) is 2.46. The van der Waals surface area contributed by atoms with Gasteiger partial charge in [-0.2, -0.15) is 0 Å². The predicted molar refractivity (Wildman–Crippen MR) is 74.8 cm³/mol. The van der Waals surface area contributed by atoms with Crippen LogP contribution >= 0.6 is 22.6 Å². The van der Waals surface area contributed by atoms with Crippen LogP contribution in [0.15, 0.2) is 0 Å². The van der Waals surface area contributed by atoms with Crippen molar-refractivity contribution in [1.82, 2.24) is 0 Å². The largest absolute Gasteiger partial charge is 0.371 e. The normalized spacial score (nSPS) is 21.6. The number of halogens is 1. The van der Waals surface area contributed by atoms with Crippen LogP contribution in [0.5, 0.6) is 0 Å². The van der Waals surface area contributed by atoms with Crippen molar-refractivity contribution in [2.75, 3.05) is 4.43 Å². The quantitative estimate of drug-likeness (QED) is 0.404. The lowest BCUT2D eigenvalue weighted by atomic mass is 9.96. The molecule has 0 amide bonds. The van der Waals surface area contributed by atoms with E-state index in [1.165, 1.54) is 43.0 Å². The molecule has 0 saturated heterocycles. The molecule has 15 heavy (non-hydrogen) atoms. The van der Waals surface area contributed by atoms with E-state index in [9.17, 15) is 0 Å². The number of hydrogen-bond donors (Lipinski definition) is 0. The van der Waals surface area contributed by atoms with Crippen LogP contribution in [-0.2, 0) is 4.74 Å². The maximum Gasteiger partial charge on any atom is 0.0775 e. The summed E-state index contributed by atoms with van der Waals surface area (Å²) < 4.78 is 7.57. The van der Waals surface area contributed by atoms with E-state index in [0.29, 0.717) is 6.10 Å². The summed E-state index contributed by atoms with van der Waals surface area (Å²) in [5.74, 6) is 0. The van der Waals surface area contributed by atoms with Gasteiger partial charge in [0.05, 0.1) is 11.7 Å². The fraction of sp³-hybridized carbons (Fsp3) is 1.00. The van der Waals surface area contributed by atoms with Crippen molar-refractivity contribution in [1.29, 1.82) is 0 Å². The molecule has 90 valence electrons.